The van der Waals surface area contributed by atoms with Gasteiger partial charge in [-0.1, -0.05) is 48.5 Å². The lowest BCUT2D eigenvalue weighted by molar-refractivity contribution is -0.126. The lowest BCUT2D eigenvalue weighted by atomic mass is 10.1. The average molecular weight is 373 g/mol. The van der Waals surface area contributed by atoms with E-state index in [9.17, 15) is 4.79 Å². The number of hydrogen-bond donors (Lipinski definition) is 0. The van der Waals surface area contributed by atoms with Crippen LogP contribution in [0.25, 0.3) is 23.0 Å². The third kappa shape index (κ3) is 3.89. The van der Waals surface area contributed by atoms with Gasteiger partial charge in [0, 0.05) is 37.1 Å². The van der Waals surface area contributed by atoms with Gasteiger partial charge in [0.05, 0.1) is 24.0 Å². The Morgan fingerprint density at radius 1 is 1.14 bits per heavy atom. The highest BCUT2D eigenvalue weighted by Gasteiger charge is 2.22. The number of benzene rings is 2. The first-order valence-corrected chi connectivity index (χ1v) is 9.45. The molecule has 28 heavy (non-hydrogen) atoms. The predicted molar refractivity (Wildman–Crippen MR) is 110 cm³/mol. The molecule has 0 radical (unpaired) electrons. The number of ether oxygens (including phenoxy) is 1. The van der Waals surface area contributed by atoms with Crippen molar-refractivity contribution >= 4 is 12.0 Å². The van der Waals surface area contributed by atoms with Crippen LogP contribution in [0.3, 0.4) is 0 Å². The zero-order valence-corrected chi connectivity index (χ0v) is 15.9. The number of likely N-dealkylation sites (N-methyl/N-ethyl adjacent to an activating group) is 1. The number of nitrogens with zero attached hydrogens (tertiary/aromatic N) is 3. The number of rotatable bonds is 5. The third-order valence-electron chi connectivity index (χ3n) is 5.02. The Bertz CT molecular complexity index is 958. The van der Waals surface area contributed by atoms with E-state index >= 15 is 0 Å². The van der Waals surface area contributed by atoms with Crippen molar-refractivity contribution in [2.45, 2.75) is 12.5 Å². The molecule has 0 spiro atoms. The van der Waals surface area contributed by atoms with Crippen molar-refractivity contribution in [3.8, 4) is 16.9 Å². The minimum Gasteiger partial charge on any atom is -0.379 e. The van der Waals surface area contributed by atoms with Crippen molar-refractivity contribution in [2.24, 2.45) is 0 Å². The van der Waals surface area contributed by atoms with E-state index in [1.807, 2.05) is 84.7 Å². The van der Waals surface area contributed by atoms with E-state index in [0.29, 0.717) is 13.2 Å². The summed E-state index contributed by atoms with van der Waals surface area (Å²) in [6.45, 7) is 1.32. The van der Waals surface area contributed by atoms with E-state index < -0.39 is 0 Å². The van der Waals surface area contributed by atoms with Crippen LogP contribution in [0.5, 0.6) is 0 Å². The number of carbonyl (C=O) groups is 1. The zero-order chi connectivity index (χ0) is 19.3. The van der Waals surface area contributed by atoms with Gasteiger partial charge in [0.15, 0.2) is 0 Å². The average Bonchev–Trinajstić information content (AvgIpc) is 3.43. The normalized spacial score (nSPS) is 16.5. The molecule has 1 aliphatic heterocycles. The quantitative estimate of drug-likeness (QED) is 0.639. The van der Waals surface area contributed by atoms with E-state index in [2.05, 4.69) is 0 Å². The molecule has 0 bridgehead atoms. The van der Waals surface area contributed by atoms with Crippen LogP contribution in [0.1, 0.15) is 12.0 Å². The minimum absolute atomic E-state index is 0.0260. The fourth-order valence-electron chi connectivity index (χ4n) is 3.33. The summed E-state index contributed by atoms with van der Waals surface area (Å²) in [4.78, 5) is 14.3. The molecule has 1 saturated heterocycles. The molecule has 1 fully saturated rings. The van der Waals surface area contributed by atoms with E-state index in [1.165, 1.54) is 0 Å². The van der Waals surface area contributed by atoms with Gasteiger partial charge in [-0.05, 0) is 24.6 Å². The van der Waals surface area contributed by atoms with Crippen molar-refractivity contribution in [1.29, 1.82) is 0 Å². The molecule has 5 nitrogen and oxygen atoms in total. The molecule has 0 saturated carbocycles. The second-order valence-electron chi connectivity index (χ2n) is 6.88. The largest absolute Gasteiger partial charge is 0.379 e. The molecule has 2 aromatic carbocycles. The highest BCUT2D eigenvalue weighted by Crippen LogP contribution is 2.25. The molecular formula is C23H23N3O2. The summed E-state index contributed by atoms with van der Waals surface area (Å²) in [7, 11) is 1.83. The SMILES string of the molecule is CN(C(=O)/C=C/c1cn(-c2ccccc2)nc1-c1ccccc1)C1CCOC1. The number of hydrogen-bond acceptors (Lipinski definition) is 3. The van der Waals surface area contributed by atoms with Gasteiger partial charge >= 0.3 is 0 Å². The van der Waals surface area contributed by atoms with Crippen LogP contribution in [0.4, 0.5) is 0 Å². The molecule has 4 rings (SSSR count). The summed E-state index contributed by atoms with van der Waals surface area (Å²) >= 11 is 0. The minimum atomic E-state index is -0.0260. The summed E-state index contributed by atoms with van der Waals surface area (Å²) in [5, 5.41) is 4.77. The molecule has 0 aliphatic carbocycles. The number of para-hydroxylation sites is 1. The van der Waals surface area contributed by atoms with Gasteiger partial charge < -0.3 is 9.64 Å². The van der Waals surface area contributed by atoms with Crippen LogP contribution in [0, 0.1) is 0 Å². The summed E-state index contributed by atoms with van der Waals surface area (Å²) in [5.41, 5.74) is 3.74. The second kappa shape index (κ2) is 8.23. The highest BCUT2D eigenvalue weighted by molar-refractivity contribution is 5.93. The topological polar surface area (TPSA) is 47.4 Å². The lowest BCUT2D eigenvalue weighted by Gasteiger charge is -2.21. The number of aromatic nitrogens is 2. The molecule has 1 aliphatic rings. The maximum absolute atomic E-state index is 12.6. The fraction of sp³-hybridized carbons (Fsp3) is 0.217. The molecular weight excluding hydrogens is 350 g/mol. The predicted octanol–water partition coefficient (Wildman–Crippen LogP) is 3.80. The van der Waals surface area contributed by atoms with Gasteiger partial charge in [0.1, 0.15) is 0 Å². The van der Waals surface area contributed by atoms with E-state index in [-0.39, 0.29) is 11.9 Å². The molecule has 5 heteroatoms. The summed E-state index contributed by atoms with van der Waals surface area (Å²) in [5.74, 6) is -0.0260. The van der Waals surface area contributed by atoms with E-state index in [1.54, 1.807) is 11.0 Å². The first kappa shape index (κ1) is 18.2. The van der Waals surface area contributed by atoms with Crippen molar-refractivity contribution in [3.05, 3.63) is 78.5 Å². The van der Waals surface area contributed by atoms with Crippen LogP contribution in [0.2, 0.25) is 0 Å². The molecule has 1 atom stereocenters. The Labute approximate surface area is 164 Å². The third-order valence-corrected chi connectivity index (χ3v) is 5.02. The number of carbonyl (C=O) groups excluding carboxylic acids is 1. The first-order valence-electron chi connectivity index (χ1n) is 9.45. The van der Waals surface area contributed by atoms with Crippen LogP contribution >= 0.6 is 0 Å². The summed E-state index contributed by atoms with van der Waals surface area (Å²) in [6.07, 6.45) is 6.32. The number of amides is 1. The first-order chi connectivity index (χ1) is 13.7. The second-order valence-corrected chi connectivity index (χ2v) is 6.88. The maximum atomic E-state index is 12.6. The lowest BCUT2D eigenvalue weighted by Crippen LogP contribution is -2.36. The molecule has 2 heterocycles. The Morgan fingerprint density at radius 3 is 2.54 bits per heavy atom. The smallest absolute Gasteiger partial charge is 0.246 e. The molecule has 1 aromatic heterocycles. The van der Waals surface area contributed by atoms with Crippen LogP contribution in [-0.2, 0) is 9.53 Å². The molecule has 0 N–H and O–H groups in total. The standard InChI is InChI=1S/C23H23N3O2/c1-25(21-14-15-28-17-21)22(27)13-12-19-16-26(20-10-6-3-7-11-20)24-23(19)18-8-4-2-5-9-18/h2-13,16,21H,14-15,17H2,1H3/b13-12+. The van der Waals surface area contributed by atoms with Crippen molar-refractivity contribution < 1.29 is 9.53 Å². The van der Waals surface area contributed by atoms with Crippen molar-refractivity contribution in [1.82, 2.24) is 14.7 Å². The summed E-state index contributed by atoms with van der Waals surface area (Å²) in [6, 6.07) is 20.1. The molecule has 142 valence electrons. The van der Waals surface area contributed by atoms with Gasteiger partial charge in [-0.15, -0.1) is 0 Å². The van der Waals surface area contributed by atoms with Gasteiger partial charge in [-0.25, -0.2) is 4.68 Å². The Morgan fingerprint density at radius 2 is 1.86 bits per heavy atom. The van der Waals surface area contributed by atoms with E-state index in [4.69, 9.17) is 9.84 Å². The monoisotopic (exact) mass is 373 g/mol. The molecule has 3 aromatic rings. The molecule has 1 amide bonds. The van der Waals surface area contributed by atoms with Gasteiger partial charge in [-0.2, -0.15) is 5.10 Å². The summed E-state index contributed by atoms with van der Waals surface area (Å²) < 4.78 is 7.24. The molecule has 1 unspecified atom stereocenters. The Balaban J connectivity index is 1.65. The van der Waals surface area contributed by atoms with Crippen molar-refractivity contribution in [2.75, 3.05) is 20.3 Å². The van der Waals surface area contributed by atoms with Gasteiger partial charge in [0.2, 0.25) is 5.91 Å². The van der Waals surface area contributed by atoms with E-state index in [0.717, 1.165) is 28.9 Å². The Kier molecular flexibility index (Phi) is 5.35. The van der Waals surface area contributed by atoms with Crippen molar-refractivity contribution in [3.63, 3.8) is 0 Å². The van der Waals surface area contributed by atoms with Crippen LogP contribution < -0.4 is 0 Å². The van der Waals surface area contributed by atoms with Crippen LogP contribution in [-0.4, -0.2) is 46.9 Å². The zero-order valence-electron chi connectivity index (χ0n) is 15.9. The maximum Gasteiger partial charge on any atom is 0.246 e. The van der Waals surface area contributed by atoms with Gasteiger partial charge in [-0.3, -0.25) is 4.79 Å². The van der Waals surface area contributed by atoms with Crippen LogP contribution in [0.15, 0.2) is 72.9 Å². The Hall–Kier alpha value is -3.18. The highest BCUT2D eigenvalue weighted by atomic mass is 16.5. The fourth-order valence-corrected chi connectivity index (χ4v) is 3.33. The van der Waals surface area contributed by atoms with Gasteiger partial charge in [0.25, 0.3) is 0 Å².